The number of halogens is 2. The molecule has 29 heavy (non-hydrogen) atoms. The minimum atomic E-state index is -0.684. The van der Waals surface area contributed by atoms with Gasteiger partial charge in [0, 0.05) is 22.6 Å². The summed E-state index contributed by atoms with van der Waals surface area (Å²) in [5.41, 5.74) is 1.61. The molecule has 0 aliphatic heterocycles. The Balaban J connectivity index is 2.18. The lowest BCUT2D eigenvalue weighted by atomic mass is 10.1. The van der Waals surface area contributed by atoms with Gasteiger partial charge in [-0.05, 0) is 63.1 Å². The van der Waals surface area contributed by atoms with E-state index in [0.29, 0.717) is 15.8 Å². The molecule has 0 heterocycles. The summed E-state index contributed by atoms with van der Waals surface area (Å²) in [4.78, 5) is 27.0. The second-order valence-electron chi connectivity index (χ2n) is 7.15. The zero-order valence-corrected chi connectivity index (χ0v) is 18.6. The van der Waals surface area contributed by atoms with Gasteiger partial charge in [0.05, 0.1) is 0 Å². The Morgan fingerprint density at radius 3 is 2.38 bits per heavy atom. The first-order chi connectivity index (χ1) is 13.7. The van der Waals surface area contributed by atoms with Crippen molar-refractivity contribution in [2.24, 2.45) is 0 Å². The number of amides is 2. The number of benzene rings is 2. The molecule has 0 aromatic heterocycles. The van der Waals surface area contributed by atoms with Gasteiger partial charge in [0.15, 0.2) is 6.61 Å². The van der Waals surface area contributed by atoms with E-state index in [1.54, 1.807) is 31.2 Å². The predicted molar refractivity (Wildman–Crippen MR) is 116 cm³/mol. The summed E-state index contributed by atoms with van der Waals surface area (Å²) in [5.74, 6) is -0.0103. The van der Waals surface area contributed by atoms with Crippen molar-refractivity contribution in [1.82, 2.24) is 10.2 Å². The molecule has 1 N–H and O–H groups in total. The van der Waals surface area contributed by atoms with Gasteiger partial charge in [0.1, 0.15) is 11.8 Å². The fraction of sp³-hybridized carbons (Fsp3) is 0.364. The first kappa shape index (κ1) is 23.0. The van der Waals surface area contributed by atoms with Gasteiger partial charge in [-0.25, -0.2) is 0 Å². The number of nitrogens with one attached hydrogen (secondary N) is 1. The van der Waals surface area contributed by atoms with Crippen LogP contribution < -0.4 is 10.1 Å². The predicted octanol–water partition coefficient (Wildman–Crippen LogP) is 4.62. The summed E-state index contributed by atoms with van der Waals surface area (Å²) in [6.45, 7) is 7.30. The lowest BCUT2D eigenvalue weighted by Crippen LogP contribution is -2.50. The van der Waals surface area contributed by atoms with E-state index in [4.69, 9.17) is 27.9 Å². The van der Waals surface area contributed by atoms with Crippen LogP contribution in [0.15, 0.2) is 42.5 Å². The van der Waals surface area contributed by atoms with Crippen molar-refractivity contribution in [3.8, 4) is 5.75 Å². The highest BCUT2D eigenvalue weighted by molar-refractivity contribution is 6.31. The van der Waals surface area contributed by atoms with Crippen LogP contribution in [0, 0.1) is 6.92 Å². The van der Waals surface area contributed by atoms with Gasteiger partial charge < -0.3 is 15.0 Å². The smallest absolute Gasteiger partial charge is 0.261 e. The molecule has 0 saturated carbocycles. The summed E-state index contributed by atoms with van der Waals surface area (Å²) in [7, 11) is 0. The van der Waals surface area contributed by atoms with Crippen LogP contribution in [0.1, 0.15) is 31.9 Å². The van der Waals surface area contributed by atoms with Crippen LogP contribution in [0.3, 0.4) is 0 Å². The van der Waals surface area contributed by atoms with Crippen LogP contribution in [0.2, 0.25) is 10.0 Å². The SMILES string of the molecule is Cc1cc(OCC(=O)N(Cc2ccccc2Cl)C(C)C(=O)NC(C)C)ccc1Cl. The summed E-state index contributed by atoms with van der Waals surface area (Å²) in [6, 6.07) is 11.7. The average Bonchev–Trinajstić information content (AvgIpc) is 2.67. The quantitative estimate of drug-likeness (QED) is 0.656. The highest BCUT2D eigenvalue weighted by atomic mass is 35.5. The van der Waals surface area contributed by atoms with Gasteiger partial charge >= 0.3 is 0 Å². The molecule has 1 atom stereocenters. The Morgan fingerprint density at radius 2 is 1.76 bits per heavy atom. The van der Waals surface area contributed by atoms with Crippen LogP contribution >= 0.6 is 23.2 Å². The zero-order chi connectivity index (χ0) is 21.6. The summed E-state index contributed by atoms with van der Waals surface area (Å²) in [5, 5.41) is 4.01. The maximum absolute atomic E-state index is 13.0. The standard InChI is InChI=1S/C22H26Cl2N2O3/c1-14(2)25-22(28)16(4)26(12-17-7-5-6-8-20(17)24)21(27)13-29-18-9-10-19(23)15(3)11-18/h5-11,14,16H,12-13H2,1-4H3,(H,25,28). The van der Waals surface area contributed by atoms with Gasteiger partial charge in [0.25, 0.3) is 5.91 Å². The molecule has 2 amide bonds. The van der Waals surface area contributed by atoms with E-state index < -0.39 is 6.04 Å². The van der Waals surface area contributed by atoms with E-state index in [1.165, 1.54) is 4.90 Å². The Morgan fingerprint density at radius 1 is 1.07 bits per heavy atom. The van der Waals surface area contributed by atoms with Crippen LogP contribution in [-0.4, -0.2) is 35.4 Å². The van der Waals surface area contributed by atoms with Crippen LogP contribution in [0.4, 0.5) is 0 Å². The van der Waals surface area contributed by atoms with E-state index in [2.05, 4.69) is 5.32 Å². The van der Waals surface area contributed by atoms with Crippen molar-refractivity contribution in [2.45, 2.75) is 46.3 Å². The van der Waals surface area contributed by atoms with Gasteiger partial charge in [-0.3, -0.25) is 9.59 Å². The lowest BCUT2D eigenvalue weighted by Gasteiger charge is -2.29. The Kier molecular flexibility index (Phi) is 8.35. The van der Waals surface area contributed by atoms with Crippen molar-refractivity contribution < 1.29 is 14.3 Å². The molecule has 2 rings (SSSR count). The summed E-state index contributed by atoms with van der Waals surface area (Å²) >= 11 is 12.3. The number of aryl methyl sites for hydroxylation is 1. The molecule has 0 aliphatic rings. The van der Waals surface area contributed by atoms with E-state index in [0.717, 1.165) is 11.1 Å². The number of carbonyl (C=O) groups excluding carboxylic acids is 2. The first-order valence-electron chi connectivity index (χ1n) is 9.41. The molecule has 2 aromatic carbocycles. The molecule has 2 aromatic rings. The molecular formula is C22H26Cl2N2O3. The number of rotatable bonds is 8. The average molecular weight is 437 g/mol. The van der Waals surface area contributed by atoms with Crippen LogP contribution in [0.25, 0.3) is 0 Å². The van der Waals surface area contributed by atoms with Gasteiger partial charge in [-0.2, -0.15) is 0 Å². The van der Waals surface area contributed by atoms with Crippen molar-refractivity contribution in [3.63, 3.8) is 0 Å². The van der Waals surface area contributed by atoms with E-state index >= 15 is 0 Å². The van der Waals surface area contributed by atoms with Crippen molar-refractivity contribution >= 4 is 35.0 Å². The highest BCUT2D eigenvalue weighted by Crippen LogP contribution is 2.22. The van der Waals surface area contributed by atoms with Crippen molar-refractivity contribution in [2.75, 3.05) is 6.61 Å². The third-order valence-electron chi connectivity index (χ3n) is 4.39. The molecule has 0 saturated heterocycles. The van der Waals surface area contributed by atoms with Gasteiger partial charge in [-0.15, -0.1) is 0 Å². The maximum Gasteiger partial charge on any atom is 0.261 e. The number of hydrogen-bond acceptors (Lipinski definition) is 3. The third-order valence-corrected chi connectivity index (χ3v) is 5.18. The highest BCUT2D eigenvalue weighted by Gasteiger charge is 2.27. The number of nitrogens with zero attached hydrogens (tertiary/aromatic N) is 1. The molecule has 0 spiro atoms. The van der Waals surface area contributed by atoms with E-state index in [-0.39, 0.29) is 31.0 Å². The summed E-state index contributed by atoms with van der Waals surface area (Å²) in [6.07, 6.45) is 0. The van der Waals surface area contributed by atoms with Crippen molar-refractivity contribution in [3.05, 3.63) is 63.6 Å². The van der Waals surface area contributed by atoms with Crippen molar-refractivity contribution in [1.29, 1.82) is 0 Å². The van der Waals surface area contributed by atoms with E-state index in [9.17, 15) is 9.59 Å². The van der Waals surface area contributed by atoms with Crippen LogP contribution in [0.5, 0.6) is 5.75 Å². The molecule has 0 radical (unpaired) electrons. The monoisotopic (exact) mass is 436 g/mol. The maximum atomic E-state index is 13.0. The minimum Gasteiger partial charge on any atom is -0.484 e. The number of ether oxygens (including phenoxy) is 1. The van der Waals surface area contributed by atoms with Gasteiger partial charge in [-0.1, -0.05) is 41.4 Å². The Labute approximate surface area is 181 Å². The molecular weight excluding hydrogens is 411 g/mol. The molecule has 7 heteroatoms. The fourth-order valence-electron chi connectivity index (χ4n) is 2.73. The molecule has 0 aliphatic carbocycles. The molecule has 0 bridgehead atoms. The molecule has 156 valence electrons. The van der Waals surface area contributed by atoms with E-state index in [1.807, 2.05) is 39.0 Å². The topological polar surface area (TPSA) is 58.6 Å². The minimum absolute atomic E-state index is 0.0319. The Hall–Kier alpha value is -2.24. The Bertz CT molecular complexity index is 871. The number of carbonyl (C=O) groups is 2. The lowest BCUT2D eigenvalue weighted by molar-refractivity contribution is -0.142. The first-order valence-corrected chi connectivity index (χ1v) is 10.2. The van der Waals surface area contributed by atoms with Crippen LogP contribution in [-0.2, 0) is 16.1 Å². The molecule has 5 nitrogen and oxygen atoms in total. The third kappa shape index (κ3) is 6.65. The number of hydrogen-bond donors (Lipinski definition) is 1. The zero-order valence-electron chi connectivity index (χ0n) is 17.0. The molecule has 0 fully saturated rings. The fourth-order valence-corrected chi connectivity index (χ4v) is 3.05. The summed E-state index contributed by atoms with van der Waals surface area (Å²) < 4.78 is 5.65. The normalized spacial score (nSPS) is 11.8. The van der Waals surface area contributed by atoms with Gasteiger partial charge in [0.2, 0.25) is 5.91 Å². The second kappa shape index (κ2) is 10.5. The second-order valence-corrected chi connectivity index (χ2v) is 7.97. The molecule has 1 unspecified atom stereocenters. The largest absolute Gasteiger partial charge is 0.484 e.